The van der Waals surface area contributed by atoms with Gasteiger partial charge in [-0.2, -0.15) is 0 Å². The summed E-state index contributed by atoms with van der Waals surface area (Å²) in [4.78, 5) is 0. The number of benzene rings is 1. The maximum Gasteiger partial charge on any atom is 0.123 e. The standard InChI is InChI=1S/C10H12FN.ClH/c1-3-10(12)9-6-8(11)5-4-7(9)2;/h3-6,10H,1,12H2,2H3;1H/t10-;/m1./s1. The van der Waals surface area contributed by atoms with Gasteiger partial charge in [-0.25, -0.2) is 4.39 Å². The quantitative estimate of drug-likeness (QED) is 0.732. The molecular formula is C10H13ClFN. The van der Waals surface area contributed by atoms with Crippen LogP contribution in [0.25, 0.3) is 0 Å². The maximum atomic E-state index is 12.8. The van der Waals surface area contributed by atoms with Gasteiger partial charge in [-0.05, 0) is 30.2 Å². The Bertz CT molecular complexity index is 299. The second kappa shape index (κ2) is 5.00. The highest BCUT2D eigenvalue weighted by Gasteiger charge is 2.05. The summed E-state index contributed by atoms with van der Waals surface area (Å²) in [6, 6.07) is 4.31. The van der Waals surface area contributed by atoms with Crippen LogP contribution in [0.2, 0.25) is 0 Å². The molecule has 0 fully saturated rings. The molecule has 0 aliphatic heterocycles. The number of rotatable bonds is 2. The Morgan fingerprint density at radius 3 is 2.69 bits per heavy atom. The molecule has 0 aromatic heterocycles. The van der Waals surface area contributed by atoms with Crippen LogP contribution >= 0.6 is 12.4 Å². The Balaban J connectivity index is 0.00000144. The Kier molecular flexibility index (Phi) is 4.67. The molecule has 0 heterocycles. The lowest BCUT2D eigenvalue weighted by Crippen LogP contribution is -2.08. The first-order valence-corrected chi connectivity index (χ1v) is 3.79. The second-order valence-corrected chi connectivity index (χ2v) is 2.76. The van der Waals surface area contributed by atoms with E-state index in [9.17, 15) is 4.39 Å². The Morgan fingerprint density at radius 2 is 2.15 bits per heavy atom. The number of aryl methyl sites for hydroxylation is 1. The minimum absolute atomic E-state index is 0. The Labute approximate surface area is 83.9 Å². The van der Waals surface area contributed by atoms with Crippen LogP contribution in [0.1, 0.15) is 17.2 Å². The van der Waals surface area contributed by atoms with Gasteiger partial charge in [-0.15, -0.1) is 19.0 Å². The van der Waals surface area contributed by atoms with E-state index < -0.39 is 0 Å². The van der Waals surface area contributed by atoms with Gasteiger partial charge >= 0.3 is 0 Å². The predicted octanol–water partition coefficient (Wildman–Crippen LogP) is 2.74. The van der Waals surface area contributed by atoms with Gasteiger partial charge in [-0.1, -0.05) is 12.1 Å². The summed E-state index contributed by atoms with van der Waals surface area (Å²) in [6.45, 7) is 5.46. The van der Waals surface area contributed by atoms with Gasteiger partial charge in [0.2, 0.25) is 0 Å². The molecule has 0 bridgehead atoms. The normalized spacial score (nSPS) is 11.6. The minimum atomic E-state index is -0.277. The van der Waals surface area contributed by atoms with E-state index in [1.165, 1.54) is 12.1 Å². The van der Waals surface area contributed by atoms with Gasteiger partial charge in [0, 0.05) is 6.04 Å². The van der Waals surface area contributed by atoms with Crippen LogP contribution in [0.4, 0.5) is 4.39 Å². The van der Waals surface area contributed by atoms with Gasteiger partial charge in [0.15, 0.2) is 0 Å². The molecule has 0 unspecified atom stereocenters. The SMILES string of the molecule is C=C[C@@H](N)c1cc(F)ccc1C.Cl. The summed E-state index contributed by atoms with van der Waals surface area (Å²) in [6.07, 6.45) is 1.60. The smallest absolute Gasteiger partial charge is 0.123 e. The molecule has 1 atom stereocenters. The summed E-state index contributed by atoms with van der Waals surface area (Å²) in [7, 11) is 0. The van der Waals surface area contributed by atoms with Gasteiger partial charge in [0.25, 0.3) is 0 Å². The molecule has 0 radical (unpaired) electrons. The Morgan fingerprint density at radius 1 is 1.54 bits per heavy atom. The van der Waals surface area contributed by atoms with Gasteiger partial charge < -0.3 is 5.73 Å². The van der Waals surface area contributed by atoms with Crippen molar-refractivity contribution in [2.24, 2.45) is 5.73 Å². The average Bonchev–Trinajstić information content (AvgIpc) is 2.08. The fourth-order valence-electron chi connectivity index (χ4n) is 1.10. The molecule has 0 aliphatic rings. The summed E-state index contributed by atoms with van der Waals surface area (Å²) in [5, 5.41) is 0. The molecule has 0 saturated heterocycles. The van der Waals surface area contributed by atoms with Crippen molar-refractivity contribution in [3.05, 3.63) is 47.8 Å². The molecule has 3 heteroatoms. The summed E-state index contributed by atoms with van der Waals surface area (Å²) >= 11 is 0. The molecule has 0 amide bonds. The third-order valence-corrected chi connectivity index (χ3v) is 1.85. The van der Waals surface area contributed by atoms with Crippen LogP contribution in [0.5, 0.6) is 0 Å². The first-order chi connectivity index (χ1) is 5.65. The van der Waals surface area contributed by atoms with E-state index in [1.54, 1.807) is 12.1 Å². The van der Waals surface area contributed by atoms with Crippen molar-refractivity contribution in [3.8, 4) is 0 Å². The average molecular weight is 202 g/mol. The molecule has 1 aromatic carbocycles. The van der Waals surface area contributed by atoms with Crippen LogP contribution in [-0.2, 0) is 0 Å². The van der Waals surface area contributed by atoms with Crippen LogP contribution in [-0.4, -0.2) is 0 Å². The largest absolute Gasteiger partial charge is 0.321 e. The first-order valence-electron chi connectivity index (χ1n) is 3.79. The van der Waals surface area contributed by atoms with Crippen molar-refractivity contribution >= 4 is 12.4 Å². The highest BCUT2D eigenvalue weighted by Crippen LogP contribution is 2.17. The highest BCUT2D eigenvalue weighted by atomic mass is 35.5. The highest BCUT2D eigenvalue weighted by molar-refractivity contribution is 5.85. The van der Waals surface area contributed by atoms with Crippen molar-refractivity contribution in [2.45, 2.75) is 13.0 Å². The molecule has 0 saturated carbocycles. The molecule has 1 nitrogen and oxygen atoms in total. The van der Waals surface area contributed by atoms with Gasteiger partial charge in [-0.3, -0.25) is 0 Å². The van der Waals surface area contributed by atoms with Crippen molar-refractivity contribution in [2.75, 3.05) is 0 Å². The van der Waals surface area contributed by atoms with E-state index in [0.29, 0.717) is 0 Å². The van der Waals surface area contributed by atoms with E-state index in [2.05, 4.69) is 6.58 Å². The molecule has 0 spiro atoms. The minimum Gasteiger partial charge on any atom is -0.321 e. The monoisotopic (exact) mass is 201 g/mol. The summed E-state index contributed by atoms with van der Waals surface area (Å²) < 4.78 is 12.8. The van der Waals surface area contributed by atoms with E-state index in [0.717, 1.165) is 11.1 Å². The van der Waals surface area contributed by atoms with E-state index >= 15 is 0 Å². The third kappa shape index (κ3) is 2.83. The molecule has 13 heavy (non-hydrogen) atoms. The number of hydrogen-bond donors (Lipinski definition) is 1. The zero-order valence-corrected chi connectivity index (χ0v) is 8.27. The second-order valence-electron chi connectivity index (χ2n) is 2.76. The molecule has 72 valence electrons. The fourth-order valence-corrected chi connectivity index (χ4v) is 1.10. The molecule has 1 rings (SSSR count). The fraction of sp³-hybridized carbons (Fsp3) is 0.200. The van der Waals surface area contributed by atoms with Gasteiger partial charge in [0.05, 0.1) is 0 Å². The van der Waals surface area contributed by atoms with Crippen molar-refractivity contribution in [1.29, 1.82) is 0 Å². The molecule has 0 aliphatic carbocycles. The van der Waals surface area contributed by atoms with Crippen molar-refractivity contribution in [3.63, 3.8) is 0 Å². The lowest BCUT2D eigenvalue weighted by atomic mass is 10.0. The zero-order valence-electron chi connectivity index (χ0n) is 7.46. The zero-order chi connectivity index (χ0) is 9.14. The van der Waals surface area contributed by atoms with E-state index in [-0.39, 0.29) is 24.3 Å². The van der Waals surface area contributed by atoms with Crippen LogP contribution < -0.4 is 5.73 Å². The topological polar surface area (TPSA) is 26.0 Å². The number of nitrogens with two attached hydrogens (primary N) is 1. The predicted molar refractivity (Wildman–Crippen MR) is 55.5 cm³/mol. The van der Waals surface area contributed by atoms with Crippen molar-refractivity contribution < 1.29 is 4.39 Å². The van der Waals surface area contributed by atoms with E-state index in [1.807, 2.05) is 6.92 Å². The third-order valence-electron chi connectivity index (χ3n) is 1.85. The summed E-state index contributed by atoms with van der Waals surface area (Å²) in [5.74, 6) is -0.257. The maximum absolute atomic E-state index is 12.8. The van der Waals surface area contributed by atoms with E-state index in [4.69, 9.17) is 5.73 Å². The molecular weight excluding hydrogens is 189 g/mol. The molecule has 1 aromatic rings. The Hall–Kier alpha value is -0.860. The van der Waals surface area contributed by atoms with Crippen LogP contribution in [0.15, 0.2) is 30.9 Å². The van der Waals surface area contributed by atoms with Crippen LogP contribution in [0, 0.1) is 12.7 Å². The summed E-state index contributed by atoms with van der Waals surface area (Å²) in [5.41, 5.74) is 7.47. The lowest BCUT2D eigenvalue weighted by Gasteiger charge is -2.09. The number of halogens is 2. The van der Waals surface area contributed by atoms with Crippen LogP contribution in [0.3, 0.4) is 0 Å². The first kappa shape index (κ1) is 12.1. The number of hydrogen-bond acceptors (Lipinski definition) is 1. The lowest BCUT2D eigenvalue weighted by molar-refractivity contribution is 0.623. The molecule has 2 N–H and O–H groups in total. The van der Waals surface area contributed by atoms with Gasteiger partial charge in [0.1, 0.15) is 5.82 Å². The van der Waals surface area contributed by atoms with Crippen molar-refractivity contribution in [1.82, 2.24) is 0 Å².